The van der Waals surface area contributed by atoms with Crippen molar-refractivity contribution in [1.82, 2.24) is 10.2 Å². The van der Waals surface area contributed by atoms with Gasteiger partial charge in [-0.3, -0.25) is 4.90 Å². The van der Waals surface area contributed by atoms with E-state index in [1.54, 1.807) is 4.90 Å². The highest BCUT2D eigenvalue weighted by molar-refractivity contribution is 5.85. The van der Waals surface area contributed by atoms with Crippen LogP contribution in [0.15, 0.2) is 12.1 Å². The van der Waals surface area contributed by atoms with Gasteiger partial charge in [0.2, 0.25) is 0 Å². The Bertz CT molecular complexity index is 497. The molecule has 0 aromatic heterocycles. The Hall–Kier alpha value is -0.700. The first kappa shape index (κ1) is 23.3. The molecule has 1 atom stereocenters. The van der Waals surface area contributed by atoms with E-state index in [2.05, 4.69) is 5.32 Å². The van der Waals surface area contributed by atoms with Crippen LogP contribution in [0.4, 0.5) is 26.3 Å². The van der Waals surface area contributed by atoms with Crippen molar-refractivity contribution in [2.24, 2.45) is 0 Å². The summed E-state index contributed by atoms with van der Waals surface area (Å²) in [5.74, 6) is -3.39. The zero-order valence-corrected chi connectivity index (χ0v) is 14.1. The van der Waals surface area contributed by atoms with E-state index in [9.17, 15) is 26.3 Å². The topological polar surface area (TPSA) is 15.3 Å². The Labute approximate surface area is 148 Å². The van der Waals surface area contributed by atoms with Gasteiger partial charge in [0.05, 0.1) is 0 Å². The van der Waals surface area contributed by atoms with Crippen molar-refractivity contribution < 1.29 is 26.3 Å². The van der Waals surface area contributed by atoms with Crippen molar-refractivity contribution in [2.75, 3.05) is 26.2 Å². The van der Waals surface area contributed by atoms with Gasteiger partial charge in [-0.2, -0.15) is 13.2 Å². The Kier molecular flexibility index (Phi) is 9.41. The average Bonchev–Trinajstić information content (AvgIpc) is 2.41. The third-order valence-electron chi connectivity index (χ3n) is 3.67. The maximum absolute atomic E-state index is 13.9. The number of piperazine rings is 1. The Balaban J connectivity index is 0.00000264. The van der Waals surface area contributed by atoms with Crippen molar-refractivity contribution >= 4 is 24.8 Å². The largest absolute Gasteiger partial charge is 0.389 e. The van der Waals surface area contributed by atoms with Crippen molar-refractivity contribution in [3.05, 3.63) is 35.1 Å². The molecule has 0 radical (unpaired) electrons. The maximum atomic E-state index is 13.9. The summed E-state index contributed by atoms with van der Waals surface area (Å²) in [5, 5.41) is 3.02. The fourth-order valence-corrected chi connectivity index (χ4v) is 2.68. The first-order valence-electron chi connectivity index (χ1n) is 6.94. The van der Waals surface area contributed by atoms with Gasteiger partial charge in [0.15, 0.2) is 0 Å². The predicted octanol–water partition coefficient (Wildman–Crippen LogP) is 4.24. The normalized spacial score (nSPS) is 16.9. The maximum Gasteiger partial charge on any atom is 0.389 e. The van der Waals surface area contributed by atoms with Gasteiger partial charge in [0, 0.05) is 56.3 Å². The fraction of sp³-hybridized carbons (Fsp3) is 0.571. The summed E-state index contributed by atoms with van der Waals surface area (Å²) < 4.78 is 78.3. The second-order valence-electron chi connectivity index (χ2n) is 5.24. The number of halogens is 8. The number of hydrogen-bond donors (Lipinski definition) is 1. The molecular weight excluding hydrogens is 381 g/mol. The minimum absolute atomic E-state index is 0. The summed E-state index contributed by atoms with van der Waals surface area (Å²) in [4.78, 5) is 1.60. The molecule has 0 saturated carbocycles. The fourth-order valence-electron chi connectivity index (χ4n) is 2.68. The molecule has 1 aliphatic heterocycles. The zero-order valence-electron chi connectivity index (χ0n) is 12.5. The molecule has 1 aliphatic rings. The average molecular weight is 399 g/mol. The van der Waals surface area contributed by atoms with Gasteiger partial charge in [-0.05, 0) is 6.42 Å². The molecule has 1 N–H and O–H groups in total. The van der Waals surface area contributed by atoms with Crippen LogP contribution >= 0.6 is 24.8 Å². The van der Waals surface area contributed by atoms with Crippen LogP contribution in [0.2, 0.25) is 0 Å². The lowest BCUT2D eigenvalue weighted by Crippen LogP contribution is -2.45. The van der Waals surface area contributed by atoms with Crippen LogP contribution in [0.1, 0.15) is 24.4 Å². The molecule has 0 aliphatic carbocycles. The minimum Gasteiger partial charge on any atom is -0.314 e. The van der Waals surface area contributed by atoms with E-state index in [-0.39, 0.29) is 24.8 Å². The Morgan fingerprint density at radius 1 is 1.00 bits per heavy atom. The van der Waals surface area contributed by atoms with Gasteiger partial charge in [0.1, 0.15) is 17.5 Å². The van der Waals surface area contributed by atoms with E-state index in [0.717, 1.165) is 0 Å². The quantitative estimate of drug-likeness (QED) is 0.763. The first-order valence-corrected chi connectivity index (χ1v) is 6.94. The summed E-state index contributed by atoms with van der Waals surface area (Å²) in [6.07, 6.45) is -6.04. The first-order chi connectivity index (χ1) is 10.3. The van der Waals surface area contributed by atoms with Gasteiger partial charge in [-0.25, -0.2) is 13.2 Å². The molecule has 1 fully saturated rings. The van der Waals surface area contributed by atoms with Crippen LogP contribution in [-0.4, -0.2) is 37.3 Å². The predicted molar refractivity (Wildman–Crippen MR) is 83.3 cm³/mol. The molecule has 0 amide bonds. The van der Waals surface area contributed by atoms with Crippen LogP contribution in [0.25, 0.3) is 0 Å². The zero-order chi connectivity index (χ0) is 16.3. The lowest BCUT2D eigenvalue weighted by Gasteiger charge is -2.35. The third-order valence-corrected chi connectivity index (χ3v) is 3.67. The van der Waals surface area contributed by atoms with Crippen LogP contribution < -0.4 is 5.32 Å². The van der Waals surface area contributed by atoms with Crippen LogP contribution in [-0.2, 0) is 0 Å². The standard InChI is InChI=1S/C14H16F6N2.2ClH/c15-9-7-10(16)13(11(17)8-9)12(1-2-14(18,19)20)22-5-3-21-4-6-22;;/h7-8,12,21H,1-6H2;2*1H/t12-;;/m0../s1. The number of benzene rings is 1. The van der Waals surface area contributed by atoms with E-state index in [0.29, 0.717) is 38.3 Å². The smallest absolute Gasteiger partial charge is 0.314 e. The number of alkyl halides is 3. The van der Waals surface area contributed by atoms with E-state index in [1.165, 1.54) is 0 Å². The van der Waals surface area contributed by atoms with Crippen LogP contribution in [0, 0.1) is 17.5 Å². The number of nitrogens with zero attached hydrogens (tertiary/aromatic N) is 1. The summed E-state index contributed by atoms with van der Waals surface area (Å²) in [6.45, 7) is 1.79. The van der Waals surface area contributed by atoms with Gasteiger partial charge >= 0.3 is 6.18 Å². The van der Waals surface area contributed by atoms with Gasteiger partial charge < -0.3 is 5.32 Å². The van der Waals surface area contributed by atoms with Crippen LogP contribution in [0.5, 0.6) is 0 Å². The molecule has 0 bridgehead atoms. The number of hydrogen-bond acceptors (Lipinski definition) is 2. The molecule has 140 valence electrons. The summed E-state index contributed by atoms with van der Waals surface area (Å²) in [7, 11) is 0. The van der Waals surface area contributed by atoms with E-state index in [1.807, 2.05) is 0 Å². The van der Waals surface area contributed by atoms with E-state index >= 15 is 0 Å². The van der Waals surface area contributed by atoms with Gasteiger partial charge in [-0.1, -0.05) is 0 Å². The molecule has 1 saturated heterocycles. The lowest BCUT2D eigenvalue weighted by atomic mass is 9.98. The number of nitrogens with one attached hydrogen (secondary N) is 1. The number of rotatable bonds is 4. The van der Waals surface area contributed by atoms with Crippen molar-refractivity contribution in [3.8, 4) is 0 Å². The molecule has 0 spiro atoms. The van der Waals surface area contributed by atoms with Crippen molar-refractivity contribution in [1.29, 1.82) is 0 Å². The molecule has 2 rings (SSSR count). The molecule has 10 heteroatoms. The molecule has 0 unspecified atom stereocenters. The van der Waals surface area contributed by atoms with Gasteiger partial charge in [0.25, 0.3) is 0 Å². The molecular formula is C14H18Cl2F6N2. The van der Waals surface area contributed by atoms with E-state index < -0.39 is 48.1 Å². The Morgan fingerprint density at radius 2 is 1.50 bits per heavy atom. The molecule has 1 aromatic rings. The second-order valence-corrected chi connectivity index (χ2v) is 5.24. The van der Waals surface area contributed by atoms with Gasteiger partial charge in [-0.15, -0.1) is 24.8 Å². The third kappa shape index (κ3) is 6.31. The summed E-state index contributed by atoms with van der Waals surface area (Å²) in [5.41, 5.74) is -0.493. The van der Waals surface area contributed by atoms with Crippen molar-refractivity contribution in [3.63, 3.8) is 0 Å². The molecule has 1 heterocycles. The Morgan fingerprint density at radius 3 is 1.96 bits per heavy atom. The molecule has 2 nitrogen and oxygen atoms in total. The SMILES string of the molecule is Cl.Cl.Fc1cc(F)c([C@H](CCC(F)(F)F)N2CCNCC2)c(F)c1. The van der Waals surface area contributed by atoms with Crippen LogP contribution in [0.3, 0.4) is 0 Å². The highest BCUT2D eigenvalue weighted by Crippen LogP contribution is 2.34. The summed E-state index contributed by atoms with van der Waals surface area (Å²) >= 11 is 0. The highest BCUT2D eigenvalue weighted by Gasteiger charge is 2.33. The summed E-state index contributed by atoms with van der Waals surface area (Å²) in [6, 6.07) is -0.0631. The highest BCUT2D eigenvalue weighted by atomic mass is 35.5. The van der Waals surface area contributed by atoms with Crippen molar-refractivity contribution in [2.45, 2.75) is 25.1 Å². The molecule has 1 aromatic carbocycles. The second kappa shape index (κ2) is 9.70. The minimum atomic E-state index is -4.42. The lowest BCUT2D eigenvalue weighted by molar-refractivity contribution is -0.138. The monoisotopic (exact) mass is 398 g/mol. The molecule has 24 heavy (non-hydrogen) atoms. The van der Waals surface area contributed by atoms with E-state index in [4.69, 9.17) is 0 Å².